The Labute approximate surface area is 160 Å². The third-order valence-corrected chi connectivity index (χ3v) is 4.22. The maximum atomic E-state index is 14.8. The maximum absolute atomic E-state index is 14.8. The van der Waals surface area contributed by atoms with Gasteiger partial charge in [-0.05, 0) is 28.8 Å². The Balaban J connectivity index is 1.77. The van der Waals surface area contributed by atoms with Crippen molar-refractivity contribution in [3.8, 4) is 39.6 Å². The fraction of sp³-hybridized carbons (Fsp3) is 0. The van der Waals surface area contributed by atoms with Crippen molar-refractivity contribution >= 4 is 5.82 Å². The third-order valence-electron chi connectivity index (χ3n) is 4.22. The van der Waals surface area contributed by atoms with Gasteiger partial charge in [0.05, 0.1) is 18.1 Å². The number of anilines is 1. The molecule has 0 unspecified atom stereocenters. The Hall–Kier alpha value is -4.18. The van der Waals surface area contributed by atoms with Crippen LogP contribution in [-0.4, -0.2) is 19.9 Å². The van der Waals surface area contributed by atoms with Gasteiger partial charge < -0.3 is 5.73 Å². The van der Waals surface area contributed by atoms with E-state index in [4.69, 9.17) is 11.0 Å². The summed E-state index contributed by atoms with van der Waals surface area (Å²) in [6.07, 6.45) is 6.00. The van der Waals surface area contributed by atoms with Gasteiger partial charge in [-0.1, -0.05) is 30.3 Å². The number of benzene rings is 2. The average molecular weight is 368 g/mol. The number of nitrogens with zero attached hydrogens (tertiary/aromatic N) is 5. The first kappa shape index (κ1) is 17.2. The van der Waals surface area contributed by atoms with Gasteiger partial charge in [0.2, 0.25) is 5.82 Å². The van der Waals surface area contributed by atoms with E-state index < -0.39 is 5.82 Å². The molecule has 2 N–H and O–H groups in total. The molecule has 134 valence electrons. The van der Waals surface area contributed by atoms with Gasteiger partial charge in [-0.15, -0.1) is 0 Å². The van der Waals surface area contributed by atoms with Crippen LogP contribution < -0.4 is 5.73 Å². The Bertz CT molecular complexity index is 1180. The quantitative estimate of drug-likeness (QED) is 0.589. The second-order valence-electron chi connectivity index (χ2n) is 5.97. The lowest BCUT2D eigenvalue weighted by molar-refractivity contribution is 0.631. The SMILES string of the molecule is N#Cc1ncc(-c2ccccc2-c2ccc(-c3cnc(N)cn3)c(F)c2)cn1. The summed E-state index contributed by atoms with van der Waals surface area (Å²) in [7, 11) is 0. The van der Waals surface area contributed by atoms with Crippen molar-refractivity contribution in [3.05, 3.63) is 78.9 Å². The Morgan fingerprint density at radius 3 is 2.11 bits per heavy atom. The van der Waals surface area contributed by atoms with Gasteiger partial charge in [0.25, 0.3) is 0 Å². The number of aromatic nitrogens is 4. The molecule has 0 amide bonds. The van der Waals surface area contributed by atoms with Crippen molar-refractivity contribution in [1.82, 2.24) is 19.9 Å². The van der Waals surface area contributed by atoms with Crippen LogP contribution in [0.3, 0.4) is 0 Å². The molecular weight excluding hydrogens is 355 g/mol. The highest BCUT2D eigenvalue weighted by molar-refractivity contribution is 5.83. The number of rotatable bonds is 3. The van der Waals surface area contributed by atoms with Gasteiger partial charge >= 0.3 is 0 Å². The smallest absolute Gasteiger partial charge is 0.232 e. The lowest BCUT2D eigenvalue weighted by Gasteiger charge is -2.11. The van der Waals surface area contributed by atoms with E-state index in [-0.39, 0.29) is 11.6 Å². The summed E-state index contributed by atoms with van der Waals surface area (Å²) in [6.45, 7) is 0. The fourth-order valence-corrected chi connectivity index (χ4v) is 2.88. The van der Waals surface area contributed by atoms with Gasteiger partial charge in [0.1, 0.15) is 17.7 Å². The highest BCUT2D eigenvalue weighted by Gasteiger charge is 2.12. The number of nitrogen functional groups attached to an aromatic ring is 1. The van der Waals surface area contributed by atoms with Crippen LogP contribution in [0.25, 0.3) is 33.5 Å². The molecular formula is C21H13FN6. The van der Waals surface area contributed by atoms with E-state index in [0.717, 1.165) is 16.7 Å². The molecule has 0 fully saturated rings. The van der Waals surface area contributed by atoms with Gasteiger partial charge in [-0.3, -0.25) is 4.98 Å². The molecule has 0 spiro atoms. The molecule has 6 nitrogen and oxygen atoms in total. The first-order chi connectivity index (χ1) is 13.7. The topological polar surface area (TPSA) is 101 Å². The standard InChI is InChI=1S/C21H13FN6/c22-18-7-13(5-6-17(18)19-11-26-20(24)12-25-19)15-3-1-2-4-16(15)14-9-27-21(8-23)28-10-14/h1-7,9-12H,(H2,24,26). The summed E-state index contributed by atoms with van der Waals surface area (Å²) in [5, 5.41) is 8.86. The van der Waals surface area contributed by atoms with Crippen molar-refractivity contribution in [2.45, 2.75) is 0 Å². The highest BCUT2D eigenvalue weighted by atomic mass is 19.1. The molecule has 0 aliphatic heterocycles. The minimum atomic E-state index is -0.414. The van der Waals surface area contributed by atoms with Crippen molar-refractivity contribution in [3.63, 3.8) is 0 Å². The monoisotopic (exact) mass is 368 g/mol. The number of nitrogens with two attached hydrogens (primary N) is 1. The van der Waals surface area contributed by atoms with Crippen LogP contribution in [0, 0.1) is 17.1 Å². The number of halogens is 1. The van der Waals surface area contributed by atoms with E-state index in [0.29, 0.717) is 16.8 Å². The van der Waals surface area contributed by atoms with Crippen molar-refractivity contribution < 1.29 is 4.39 Å². The molecule has 0 aliphatic rings. The van der Waals surface area contributed by atoms with E-state index in [1.807, 2.05) is 36.4 Å². The summed E-state index contributed by atoms with van der Waals surface area (Å²) in [4.78, 5) is 16.1. The molecule has 7 heteroatoms. The molecule has 28 heavy (non-hydrogen) atoms. The maximum Gasteiger partial charge on any atom is 0.232 e. The van der Waals surface area contributed by atoms with Gasteiger partial charge in [-0.25, -0.2) is 19.3 Å². The highest BCUT2D eigenvalue weighted by Crippen LogP contribution is 2.33. The van der Waals surface area contributed by atoms with Crippen LogP contribution in [0.2, 0.25) is 0 Å². The molecule has 0 bridgehead atoms. The van der Waals surface area contributed by atoms with Crippen LogP contribution in [-0.2, 0) is 0 Å². The van der Waals surface area contributed by atoms with Crippen LogP contribution >= 0.6 is 0 Å². The van der Waals surface area contributed by atoms with E-state index in [9.17, 15) is 4.39 Å². The van der Waals surface area contributed by atoms with Gasteiger partial charge in [-0.2, -0.15) is 5.26 Å². The average Bonchev–Trinajstić information content (AvgIpc) is 2.74. The molecule has 2 heterocycles. The van der Waals surface area contributed by atoms with Crippen LogP contribution in [0.4, 0.5) is 10.2 Å². The Kier molecular flexibility index (Phi) is 4.44. The molecule has 0 atom stereocenters. The molecule has 4 rings (SSSR count). The third kappa shape index (κ3) is 3.27. The van der Waals surface area contributed by atoms with Gasteiger partial charge in [0, 0.05) is 23.5 Å². The zero-order valence-electron chi connectivity index (χ0n) is 14.5. The minimum Gasteiger partial charge on any atom is -0.382 e. The summed E-state index contributed by atoms with van der Waals surface area (Å²) in [6, 6.07) is 14.4. The molecule has 2 aromatic heterocycles. The van der Waals surface area contributed by atoms with E-state index in [2.05, 4.69) is 19.9 Å². The first-order valence-electron chi connectivity index (χ1n) is 8.35. The first-order valence-corrected chi connectivity index (χ1v) is 8.35. The van der Waals surface area contributed by atoms with Crippen LogP contribution in [0.5, 0.6) is 0 Å². The molecule has 0 radical (unpaired) electrons. The summed E-state index contributed by atoms with van der Waals surface area (Å²) >= 11 is 0. The number of hydrogen-bond acceptors (Lipinski definition) is 6. The van der Waals surface area contributed by atoms with E-state index in [1.54, 1.807) is 18.5 Å². The molecule has 0 saturated heterocycles. The summed E-state index contributed by atoms with van der Waals surface area (Å²) < 4.78 is 14.8. The fourth-order valence-electron chi connectivity index (χ4n) is 2.88. The normalized spacial score (nSPS) is 10.4. The molecule has 0 aliphatic carbocycles. The lowest BCUT2D eigenvalue weighted by atomic mass is 9.95. The van der Waals surface area contributed by atoms with Crippen LogP contribution in [0.15, 0.2) is 67.3 Å². The van der Waals surface area contributed by atoms with E-state index in [1.165, 1.54) is 18.5 Å². The van der Waals surface area contributed by atoms with Crippen molar-refractivity contribution in [1.29, 1.82) is 5.26 Å². The van der Waals surface area contributed by atoms with Crippen LogP contribution in [0.1, 0.15) is 5.82 Å². The minimum absolute atomic E-state index is 0.0984. The Morgan fingerprint density at radius 1 is 0.786 bits per heavy atom. The predicted molar refractivity (Wildman–Crippen MR) is 103 cm³/mol. The second-order valence-corrected chi connectivity index (χ2v) is 5.97. The van der Waals surface area contributed by atoms with Crippen molar-refractivity contribution in [2.75, 3.05) is 5.73 Å². The molecule has 0 saturated carbocycles. The lowest BCUT2D eigenvalue weighted by Crippen LogP contribution is -1.95. The summed E-state index contributed by atoms with van der Waals surface area (Å²) in [5.74, 6) is -0.0389. The van der Waals surface area contributed by atoms with Crippen molar-refractivity contribution in [2.24, 2.45) is 0 Å². The number of hydrogen-bond donors (Lipinski definition) is 1. The number of nitriles is 1. The zero-order chi connectivity index (χ0) is 19.5. The Morgan fingerprint density at radius 2 is 1.50 bits per heavy atom. The molecule has 4 aromatic rings. The van der Waals surface area contributed by atoms with Gasteiger partial charge in [0.15, 0.2) is 0 Å². The van der Waals surface area contributed by atoms with E-state index >= 15 is 0 Å². The zero-order valence-corrected chi connectivity index (χ0v) is 14.5. The second kappa shape index (κ2) is 7.21. The summed E-state index contributed by atoms with van der Waals surface area (Å²) in [5.41, 5.74) is 9.39. The predicted octanol–water partition coefficient (Wildman–Crippen LogP) is 3.86. The largest absolute Gasteiger partial charge is 0.382 e. The molecule has 2 aromatic carbocycles.